The Morgan fingerprint density at radius 3 is 2.29 bits per heavy atom. The molecule has 0 bridgehead atoms. The van der Waals surface area contributed by atoms with E-state index in [1.807, 2.05) is 4.90 Å². The Hall–Kier alpha value is -0.570. The second-order valence-corrected chi connectivity index (χ2v) is 4.66. The third-order valence-corrected chi connectivity index (χ3v) is 3.45. The summed E-state index contributed by atoms with van der Waals surface area (Å²) in [5.41, 5.74) is 5.80. The van der Waals surface area contributed by atoms with Crippen molar-refractivity contribution in [3.63, 3.8) is 0 Å². The maximum absolute atomic E-state index is 11.6. The van der Waals surface area contributed by atoms with Crippen LogP contribution in [0.2, 0.25) is 0 Å². The third kappa shape index (κ3) is 2.08. The van der Waals surface area contributed by atoms with Crippen molar-refractivity contribution in [2.24, 2.45) is 5.73 Å². The van der Waals surface area contributed by atoms with Crippen LogP contribution >= 0.6 is 0 Å². The van der Waals surface area contributed by atoms with Gasteiger partial charge in [-0.1, -0.05) is 25.7 Å². The van der Waals surface area contributed by atoms with Gasteiger partial charge in [0.2, 0.25) is 5.91 Å². The summed E-state index contributed by atoms with van der Waals surface area (Å²) in [4.78, 5) is 13.7. The van der Waals surface area contributed by atoms with Crippen molar-refractivity contribution in [1.29, 1.82) is 0 Å². The minimum Gasteiger partial charge on any atom is -0.338 e. The zero-order chi connectivity index (χ0) is 9.97. The first-order valence-corrected chi connectivity index (χ1v) is 5.82. The molecule has 1 aliphatic heterocycles. The molecule has 3 nitrogen and oxygen atoms in total. The summed E-state index contributed by atoms with van der Waals surface area (Å²) in [7, 11) is 0. The van der Waals surface area contributed by atoms with Crippen LogP contribution in [0.4, 0.5) is 0 Å². The average molecular weight is 196 g/mol. The van der Waals surface area contributed by atoms with Crippen molar-refractivity contribution in [2.45, 2.75) is 57.0 Å². The lowest BCUT2D eigenvalue weighted by Gasteiger charge is -2.26. The summed E-state index contributed by atoms with van der Waals surface area (Å²) in [5, 5.41) is 0. The summed E-state index contributed by atoms with van der Waals surface area (Å²) in [5.74, 6) is 0.282. The topological polar surface area (TPSA) is 46.3 Å². The van der Waals surface area contributed by atoms with E-state index in [0.29, 0.717) is 12.5 Å². The van der Waals surface area contributed by atoms with Gasteiger partial charge in [0.15, 0.2) is 0 Å². The Kier molecular flexibility index (Phi) is 3.06. The minimum absolute atomic E-state index is 0.0887. The van der Waals surface area contributed by atoms with Gasteiger partial charge in [0.25, 0.3) is 0 Å². The van der Waals surface area contributed by atoms with Crippen molar-refractivity contribution < 1.29 is 4.79 Å². The minimum atomic E-state index is 0.0887. The molecule has 0 radical (unpaired) electrons. The summed E-state index contributed by atoms with van der Waals surface area (Å²) in [6, 6.07) is 0.587. The molecule has 2 aliphatic rings. The number of likely N-dealkylation sites (tertiary alicyclic amines) is 1. The molecular formula is C11H20N2O. The van der Waals surface area contributed by atoms with E-state index in [1.54, 1.807) is 0 Å². The molecule has 0 aromatic heterocycles. The Labute approximate surface area is 85.6 Å². The summed E-state index contributed by atoms with van der Waals surface area (Å²) >= 11 is 0. The van der Waals surface area contributed by atoms with Crippen LogP contribution < -0.4 is 5.73 Å². The molecule has 1 saturated carbocycles. The molecule has 0 aromatic rings. The van der Waals surface area contributed by atoms with Gasteiger partial charge in [-0.25, -0.2) is 0 Å². The fraction of sp³-hybridized carbons (Fsp3) is 0.909. The standard InChI is InChI=1S/C11H20N2O/c12-9-7-11(14)13(8-9)10-5-3-1-2-4-6-10/h9-10H,1-8,12H2/t9-/m0/s1. The molecule has 1 atom stereocenters. The number of hydrogen-bond acceptors (Lipinski definition) is 2. The van der Waals surface area contributed by atoms with Crippen LogP contribution in [0.15, 0.2) is 0 Å². The first-order chi connectivity index (χ1) is 6.77. The van der Waals surface area contributed by atoms with E-state index < -0.39 is 0 Å². The van der Waals surface area contributed by atoms with Crippen molar-refractivity contribution >= 4 is 5.91 Å². The highest BCUT2D eigenvalue weighted by Crippen LogP contribution is 2.25. The second kappa shape index (κ2) is 4.30. The predicted octanol–water partition coefficient (Wildman–Crippen LogP) is 1.27. The van der Waals surface area contributed by atoms with E-state index in [9.17, 15) is 4.79 Å². The Bertz CT molecular complexity index is 209. The fourth-order valence-corrected chi connectivity index (χ4v) is 2.68. The van der Waals surface area contributed by atoms with E-state index in [4.69, 9.17) is 5.73 Å². The van der Waals surface area contributed by atoms with Gasteiger partial charge in [-0.2, -0.15) is 0 Å². The predicted molar refractivity (Wildman–Crippen MR) is 55.8 cm³/mol. The van der Waals surface area contributed by atoms with E-state index in [2.05, 4.69) is 0 Å². The van der Waals surface area contributed by atoms with Gasteiger partial charge in [0, 0.05) is 25.0 Å². The van der Waals surface area contributed by atoms with Gasteiger partial charge in [-0.05, 0) is 12.8 Å². The van der Waals surface area contributed by atoms with Gasteiger partial charge < -0.3 is 10.6 Å². The van der Waals surface area contributed by atoms with Crippen LogP contribution in [-0.2, 0) is 4.79 Å². The van der Waals surface area contributed by atoms with Crippen molar-refractivity contribution in [1.82, 2.24) is 4.90 Å². The van der Waals surface area contributed by atoms with Crippen LogP contribution in [-0.4, -0.2) is 29.4 Å². The van der Waals surface area contributed by atoms with Crippen LogP contribution in [0.25, 0.3) is 0 Å². The van der Waals surface area contributed by atoms with Gasteiger partial charge in [-0.3, -0.25) is 4.79 Å². The molecule has 1 heterocycles. The van der Waals surface area contributed by atoms with Crippen molar-refractivity contribution in [3.8, 4) is 0 Å². The van der Waals surface area contributed by atoms with Crippen LogP contribution in [0.3, 0.4) is 0 Å². The highest BCUT2D eigenvalue weighted by molar-refractivity contribution is 5.79. The molecule has 0 unspecified atom stereocenters. The first-order valence-electron chi connectivity index (χ1n) is 5.82. The maximum Gasteiger partial charge on any atom is 0.224 e. The number of carbonyl (C=O) groups excluding carboxylic acids is 1. The molecule has 2 N–H and O–H groups in total. The summed E-state index contributed by atoms with van der Waals surface area (Å²) in [6.45, 7) is 0.795. The summed E-state index contributed by atoms with van der Waals surface area (Å²) < 4.78 is 0. The molecule has 2 rings (SSSR count). The SMILES string of the molecule is N[C@H]1CC(=O)N(C2CCCCCC2)C1. The monoisotopic (exact) mass is 196 g/mol. The Balaban J connectivity index is 1.95. The number of hydrogen-bond donors (Lipinski definition) is 1. The number of amides is 1. The van der Waals surface area contributed by atoms with Gasteiger partial charge >= 0.3 is 0 Å². The number of nitrogens with zero attached hydrogens (tertiary/aromatic N) is 1. The lowest BCUT2D eigenvalue weighted by Crippen LogP contribution is -2.37. The highest BCUT2D eigenvalue weighted by Gasteiger charge is 2.32. The largest absolute Gasteiger partial charge is 0.338 e. The molecule has 3 heteroatoms. The zero-order valence-corrected chi connectivity index (χ0v) is 8.74. The summed E-state index contributed by atoms with van der Waals surface area (Å²) in [6.07, 6.45) is 8.19. The number of nitrogens with two attached hydrogens (primary N) is 1. The molecule has 1 aliphatic carbocycles. The van der Waals surface area contributed by atoms with E-state index in [0.717, 1.165) is 6.54 Å². The van der Waals surface area contributed by atoms with E-state index in [-0.39, 0.29) is 11.9 Å². The van der Waals surface area contributed by atoms with E-state index in [1.165, 1.54) is 38.5 Å². The van der Waals surface area contributed by atoms with E-state index >= 15 is 0 Å². The fourth-order valence-electron chi connectivity index (χ4n) is 2.68. The van der Waals surface area contributed by atoms with Crippen LogP contribution in [0.5, 0.6) is 0 Å². The molecule has 14 heavy (non-hydrogen) atoms. The van der Waals surface area contributed by atoms with Crippen LogP contribution in [0, 0.1) is 0 Å². The lowest BCUT2D eigenvalue weighted by atomic mass is 10.1. The molecule has 0 aromatic carbocycles. The quantitative estimate of drug-likeness (QED) is 0.642. The molecule has 1 amide bonds. The van der Waals surface area contributed by atoms with Gasteiger partial charge in [0.1, 0.15) is 0 Å². The molecule has 80 valence electrons. The first kappa shape index (κ1) is 9.97. The lowest BCUT2D eigenvalue weighted by molar-refractivity contribution is -0.129. The maximum atomic E-state index is 11.6. The third-order valence-electron chi connectivity index (χ3n) is 3.45. The Morgan fingerprint density at radius 2 is 1.79 bits per heavy atom. The number of carbonyl (C=O) groups is 1. The average Bonchev–Trinajstić information content (AvgIpc) is 2.43. The number of rotatable bonds is 1. The molecule has 2 fully saturated rings. The van der Waals surface area contributed by atoms with Crippen molar-refractivity contribution in [2.75, 3.05) is 6.54 Å². The van der Waals surface area contributed by atoms with Crippen molar-refractivity contribution in [3.05, 3.63) is 0 Å². The molecular weight excluding hydrogens is 176 g/mol. The van der Waals surface area contributed by atoms with Crippen LogP contribution in [0.1, 0.15) is 44.9 Å². The molecule has 0 spiro atoms. The smallest absolute Gasteiger partial charge is 0.224 e. The second-order valence-electron chi connectivity index (χ2n) is 4.66. The van der Waals surface area contributed by atoms with Gasteiger partial charge in [-0.15, -0.1) is 0 Å². The highest BCUT2D eigenvalue weighted by atomic mass is 16.2. The molecule has 1 saturated heterocycles. The Morgan fingerprint density at radius 1 is 1.14 bits per heavy atom. The normalized spacial score (nSPS) is 30.8. The zero-order valence-electron chi connectivity index (χ0n) is 8.74. The van der Waals surface area contributed by atoms with Gasteiger partial charge in [0.05, 0.1) is 0 Å².